The molecule has 0 saturated heterocycles. The fourth-order valence-corrected chi connectivity index (χ4v) is 2.56. The molecule has 0 fully saturated rings. The molecule has 0 aliphatic carbocycles. The van der Waals surface area contributed by atoms with Gasteiger partial charge in [-0.1, -0.05) is 6.07 Å². The lowest BCUT2D eigenvalue weighted by Crippen LogP contribution is -2.26. The second-order valence-electron chi connectivity index (χ2n) is 6.46. The number of hydrogen-bond donors (Lipinski definition) is 0. The van der Waals surface area contributed by atoms with E-state index < -0.39 is 29.0 Å². The summed E-state index contributed by atoms with van der Waals surface area (Å²) in [6.45, 7) is 13.5. The first-order valence-corrected chi connectivity index (χ1v) is 7.23. The van der Waals surface area contributed by atoms with Crippen molar-refractivity contribution >= 4 is 22.6 Å². The van der Waals surface area contributed by atoms with Crippen LogP contribution in [0.5, 0.6) is 0 Å². The van der Waals surface area contributed by atoms with Crippen molar-refractivity contribution in [2.24, 2.45) is 0 Å². The molecule has 0 amide bonds. The fourth-order valence-electron chi connectivity index (χ4n) is 2.56. The van der Waals surface area contributed by atoms with E-state index in [9.17, 15) is 18.0 Å². The summed E-state index contributed by atoms with van der Waals surface area (Å²) in [5.74, 6) is -0.536. The van der Waals surface area contributed by atoms with Crippen LogP contribution in [0.4, 0.5) is 18.9 Å². The van der Waals surface area contributed by atoms with E-state index in [1.54, 1.807) is 27.7 Å². The standard InChI is InChI=1S/C17H17F3N2O2/c1-10-8-11-13(22(10)9-14(23)24-16(2,3)4)7-6-12(21-5)15(11)17(18,19)20/h6-8H,9H2,1-4H3. The average Bonchev–Trinajstić information content (AvgIpc) is 2.70. The van der Waals surface area contributed by atoms with Crippen molar-refractivity contribution in [2.75, 3.05) is 0 Å². The number of alkyl halides is 3. The molecule has 0 saturated carbocycles. The van der Waals surface area contributed by atoms with E-state index in [-0.39, 0.29) is 17.4 Å². The first kappa shape index (κ1) is 17.9. The van der Waals surface area contributed by atoms with Gasteiger partial charge in [0.25, 0.3) is 0 Å². The molecule has 1 heterocycles. The van der Waals surface area contributed by atoms with Gasteiger partial charge in [0.05, 0.1) is 12.1 Å². The number of aryl methyl sites for hydroxylation is 1. The zero-order valence-corrected chi connectivity index (χ0v) is 13.8. The van der Waals surface area contributed by atoms with E-state index in [4.69, 9.17) is 11.3 Å². The summed E-state index contributed by atoms with van der Waals surface area (Å²) in [4.78, 5) is 15.0. The Morgan fingerprint density at radius 3 is 2.42 bits per heavy atom. The first-order chi connectivity index (χ1) is 10.9. The van der Waals surface area contributed by atoms with Crippen molar-refractivity contribution in [2.45, 2.75) is 46.0 Å². The zero-order valence-electron chi connectivity index (χ0n) is 13.8. The van der Waals surface area contributed by atoms with Crippen LogP contribution in [0.2, 0.25) is 0 Å². The number of fused-ring (bicyclic) bond motifs is 1. The van der Waals surface area contributed by atoms with Gasteiger partial charge < -0.3 is 9.30 Å². The molecule has 0 atom stereocenters. The van der Waals surface area contributed by atoms with Gasteiger partial charge in [-0.2, -0.15) is 13.2 Å². The molecule has 1 aromatic carbocycles. The van der Waals surface area contributed by atoms with Crippen LogP contribution in [0.15, 0.2) is 18.2 Å². The normalized spacial score (nSPS) is 12.2. The highest BCUT2D eigenvalue weighted by atomic mass is 19.4. The molecule has 0 aliphatic heterocycles. The van der Waals surface area contributed by atoms with Crippen molar-refractivity contribution in [1.29, 1.82) is 0 Å². The number of halogens is 3. The summed E-state index contributed by atoms with van der Waals surface area (Å²) in [7, 11) is 0. The zero-order chi connectivity index (χ0) is 18.3. The minimum absolute atomic E-state index is 0.0861. The maximum atomic E-state index is 13.3. The maximum absolute atomic E-state index is 13.3. The Hall–Kier alpha value is -2.49. The molecule has 0 N–H and O–H groups in total. The predicted octanol–water partition coefficient (Wildman–Crippen LogP) is 4.86. The quantitative estimate of drug-likeness (QED) is 0.579. The molecular weight excluding hydrogens is 321 g/mol. The number of carbonyl (C=O) groups excluding carboxylic acids is 1. The predicted molar refractivity (Wildman–Crippen MR) is 83.8 cm³/mol. The fraction of sp³-hybridized carbons (Fsp3) is 0.412. The number of nitrogens with zero attached hydrogens (tertiary/aromatic N) is 2. The molecule has 0 spiro atoms. The largest absolute Gasteiger partial charge is 0.459 e. The van der Waals surface area contributed by atoms with Crippen LogP contribution < -0.4 is 0 Å². The number of ether oxygens (including phenoxy) is 1. The van der Waals surface area contributed by atoms with Crippen LogP contribution in [-0.2, 0) is 22.3 Å². The van der Waals surface area contributed by atoms with E-state index >= 15 is 0 Å². The summed E-state index contributed by atoms with van der Waals surface area (Å²) < 4.78 is 46.7. The molecule has 1 aromatic heterocycles. The van der Waals surface area contributed by atoms with E-state index in [1.807, 2.05) is 0 Å². The average molecular weight is 338 g/mol. The lowest BCUT2D eigenvalue weighted by molar-refractivity contribution is -0.155. The van der Waals surface area contributed by atoms with Gasteiger partial charge in [-0.05, 0) is 39.8 Å². The Morgan fingerprint density at radius 1 is 1.29 bits per heavy atom. The van der Waals surface area contributed by atoms with Crippen molar-refractivity contribution in [3.8, 4) is 0 Å². The van der Waals surface area contributed by atoms with Crippen LogP contribution in [0.25, 0.3) is 15.7 Å². The molecule has 4 nitrogen and oxygen atoms in total. The Bertz CT molecular complexity index is 837. The van der Waals surface area contributed by atoms with E-state index in [2.05, 4.69) is 4.85 Å². The van der Waals surface area contributed by atoms with Gasteiger partial charge in [0.2, 0.25) is 0 Å². The number of carbonyl (C=O) groups is 1. The minimum atomic E-state index is -4.65. The molecule has 0 unspecified atom stereocenters. The van der Waals surface area contributed by atoms with Crippen molar-refractivity contribution in [3.63, 3.8) is 0 Å². The molecule has 0 radical (unpaired) electrons. The van der Waals surface area contributed by atoms with Crippen LogP contribution in [0.3, 0.4) is 0 Å². The highest BCUT2D eigenvalue weighted by molar-refractivity contribution is 5.91. The summed E-state index contributed by atoms with van der Waals surface area (Å²) in [6.07, 6.45) is -4.65. The monoisotopic (exact) mass is 338 g/mol. The van der Waals surface area contributed by atoms with Crippen LogP contribution in [-0.4, -0.2) is 16.1 Å². The van der Waals surface area contributed by atoms with Crippen LogP contribution >= 0.6 is 0 Å². The molecule has 2 aromatic rings. The second-order valence-corrected chi connectivity index (χ2v) is 6.46. The van der Waals surface area contributed by atoms with Crippen LogP contribution in [0, 0.1) is 13.5 Å². The summed E-state index contributed by atoms with van der Waals surface area (Å²) in [6, 6.07) is 3.90. The lowest BCUT2D eigenvalue weighted by Gasteiger charge is -2.20. The highest BCUT2D eigenvalue weighted by Crippen LogP contribution is 2.42. The molecular formula is C17H17F3N2O2. The molecule has 0 bridgehead atoms. The first-order valence-electron chi connectivity index (χ1n) is 7.23. The van der Waals surface area contributed by atoms with Gasteiger partial charge in [0, 0.05) is 16.6 Å². The molecule has 24 heavy (non-hydrogen) atoms. The number of rotatable bonds is 2. The smallest absolute Gasteiger partial charge is 0.408 e. The highest BCUT2D eigenvalue weighted by Gasteiger charge is 2.36. The Morgan fingerprint density at radius 2 is 1.92 bits per heavy atom. The van der Waals surface area contributed by atoms with Gasteiger partial charge in [-0.15, -0.1) is 0 Å². The van der Waals surface area contributed by atoms with Crippen molar-refractivity contribution in [1.82, 2.24) is 4.57 Å². The molecule has 128 valence electrons. The van der Waals surface area contributed by atoms with E-state index in [0.717, 1.165) is 6.07 Å². The number of aromatic nitrogens is 1. The van der Waals surface area contributed by atoms with Gasteiger partial charge >= 0.3 is 12.1 Å². The Kier molecular flexibility index (Phi) is 4.36. The number of hydrogen-bond acceptors (Lipinski definition) is 2. The second kappa shape index (κ2) is 5.86. The topological polar surface area (TPSA) is 35.6 Å². The third-order valence-electron chi connectivity index (χ3n) is 3.38. The van der Waals surface area contributed by atoms with E-state index in [0.29, 0.717) is 5.69 Å². The summed E-state index contributed by atoms with van der Waals surface area (Å²) >= 11 is 0. The number of esters is 1. The lowest BCUT2D eigenvalue weighted by atomic mass is 10.1. The summed E-state index contributed by atoms with van der Waals surface area (Å²) in [5.41, 5.74) is -1.37. The van der Waals surface area contributed by atoms with Crippen molar-refractivity contribution in [3.05, 3.63) is 40.9 Å². The Balaban J connectivity index is 2.57. The van der Waals surface area contributed by atoms with Gasteiger partial charge in [-0.3, -0.25) is 4.79 Å². The SMILES string of the molecule is [C-]#[N+]c1ccc2c(cc(C)n2CC(=O)OC(C)(C)C)c1C(F)(F)F. The van der Waals surface area contributed by atoms with E-state index in [1.165, 1.54) is 16.7 Å². The summed E-state index contributed by atoms with van der Waals surface area (Å²) in [5, 5.41) is -0.0861. The molecule has 7 heteroatoms. The molecule has 0 aliphatic rings. The van der Waals surface area contributed by atoms with Gasteiger partial charge in [-0.25, -0.2) is 4.85 Å². The van der Waals surface area contributed by atoms with Crippen molar-refractivity contribution < 1.29 is 22.7 Å². The van der Waals surface area contributed by atoms with Gasteiger partial charge in [0.15, 0.2) is 5.69 Å². The third-order valence-corrected chi connectivity index (χ3v) is 3.38. The van der Waals surface area contributed by atoms with Crippen LogP contribution in [0.1, 0.15) is 32.0 Å². The third kappa shape index (κ3) is 3.53. The maximum Gasteiger partial charge on any atom is 0.408 e. The molecule has 2 rings (SSSR count). The van der Waals surface area contributed by atoms with Gasteiger partial charge in [0.1, 0.15) is 12.1 Å². The number of benzene rings is 1. The minimum Gasteiger partial charge on any atom is -0.459 e. The Labute approximate surface area is 137 Å².